The van der Waals surface area contributed by atoms with Gasteiger partial charge in [-0.2, -0.15) is 0 Å². The Morgan fingerprint density at radius 3 is 3.00 bits per heavy atom. The van der Waals surface area contributed by atoms with Gasteiger partial charge in [0.2, 0.25) is 0 Å². The van der Waals surface area contributed by atoms with E-state index in [2.05, 4.69) is 4.98 Å². The van der Waals surface area contributed by atoms with Crippen LogP contribution in [0.5, 0.6) is 0 Å². The van der Waals surface area contributed by atoms with Gasteiger partial charge in [-0.15, -0.1) is 0 Å². The maximum absolute atomic E-state index is 13.0. The van der Waals surface area contributed by atoms with Crippen molar-refractivity contribution in [1.29, 1.82) is 0 Å². The third-order valence-corrected chi connectivity index (χ3v) is 2.45. The molecule has 0 saturated carbocycles. The van der Waals surface area contributed by atoms with Crippen LogP contribution in [0.2, 0.25) is 0 Å². The van der Waals surface area contributed by atoms with Crippen LogP contribution >= 0.6 is 0 Å². The van der Waals surface area contributed by atoms with Gasteiger partial charge in [0, 0.05) is 23.1 Å². The molecule has 3 nitrogen and oxygen atoms in total. The fourth-order valence-electron chi connectivity index (χ4n) is 1.67. The fraction of sp³-hybridized carbons (Fsp3) is 0.273. The zero-order valence-electron chi connectivity index (χ0n) is 8.20. The number of halogens is 1. The zero-order chi connectivity index (χ0) is 10.8. The second-order valence-electron chi connectivity index (χ2n) is 3.65. The largest absolute Gasteiger partial charge is 0.395 e. The van der Waals surface area contributed by atoms with E-state index in [-0.39, 0.29) is 18.5 Å². The quantitative estimate of drug-likeness (QED) is 0.709. The predicted octanol–water partition coefficient (Wildman–Crippen LogP) is 1.17. The minimum absolute atomic E-state index is 0.0675. The highest BCUT2D eigenvalue weighted by atomic mass is 19.1. The van der Waals surface area contributed by atoms with Crippen molar-refractivity contribution in [2.45, 2.75) is 12.5 Å². The summed E-state index contributed by atoms with van der Waals surface area (Å²) in [6.45, 7) is -0.0675. The molecule has 0 aliphatic heterocycles. The number of nitrogens with two attached hydrogens (primary N) is 1. The maximum Gasteiger partial charge on any atom is 0.123 e. The predicted molar refractivity (Wildman–Crippen MR) is 57.0 cm³/mol. The lowest BCUT2D eigenvalue weighted by Gasteiger charge is -2.06. The van der Waals surface area contributed by atoms with Crippen molar-refractivity contribution in [3.05, 3.63) is 35.8 Å². The van der Waals surface area contributed by atoms with Crippen molar-refractivity contribution in [3.8, 4) is 0 Å². The summed E-state index contributed by atoms with van der Waals surface area (Å²) >= 11 is 0. The first-order valence-electron chi connectivity index (χ1n) is 4.82. The lowest BCUT2D eigenvalue weighted by Crippen LogP contribution is -2.26. The van der Waals surface area contributed by atoms with Crippen LogP contribution in [0.3, 0.4) is 0 Å². The van der Waals surface area contributed by atoms with Gasteiger partial charge in [0.1, 0.15) is 5.82 Å². The lowest BCUT2D eigenvalue weighted by atomic mass is 10.1. The van der Waals surface area contributed by atoms with Gasteiger partial charge in [0.25, 0.3) is 0 Å². The molecule has 1 aromatic heterocycles. The molecule has 0 spiro atoms. The molecule has 0 unspecified atom stereocenters. The van der Waals surface area contributed by atoms with Gasteiger partial charge in [-0.3, -0.25) is 0 Å². The molecule has 2 rings (SSSR count). The number of nitrogens with one attached hydrogen (secondary N) is 1. The van der Waals surface area contributed by atoms with E-state index in [1.807, 2.05) is 0 Å². The molecule has 80 valence electrons. The number of aromatic amines is 1. The average molecular weight is 208 g/mol. The lowest BCUT2D eigenvalue weighted by molar-refractivity contribution is 0.265. The average Bonchev–Trinajstić information content (AvgIpc) is 2.61. The molecule has 1 atom stereocenters. The van der Waals surface area contributed by atoms with Crippen molar-refractivity contribution in [1.82, 2.24) is 4.98 Å². The first kappa shape index (κ1) is 10.1. The van der Waals surface area contributed by atoms with Crippen molar-refractivity contribution < 1.29 is 9.50 Å². The Hall–Kier alpha value is -1.39. The number of fused-ring (bicyclic) bond motifs is 1. The third kappa shape index (κ3) is 2.00. The molecule has 0 aliphatic carbocycles. The van der Waals surface area contributed by atoms with E-state index in [4.69, 9.17) is 10.8 Å². The van der Waals surface area contributed by atoms with Crippen LogP contribution in [0.25, 0.3) is 10.9 Å². The zero-order valence-corrected chi connectivity index (χ0v) is 8.20. The van der Waals surface area contributed by atoms with Gasteiger partial charge in [-0.05, 0) is 30.2 Å². The topological polar surface area (TPSA) is 62.0 Å². The molecule has 1 heterocycles. The van der Waals surface area contributed by atoms with Gasteiger partial charge in [0.15, 0.2) is 0 Å². The third-order valence-electron chi connectivity index (χ3n) is 2.45. The number of hydrogen-bond acceptors (Lipinski definition) is 2. The van der Waals surface area contributed by atoms with Gasteiger partial charge in [-0.25, -0.2) is 4.39 Å². The Kier molecular flexibility index (Phi) is 2.70. The molecule has 0 saturated heterocycles. The highest BCUT2D eigenvalue weighted by molar-refractivity contribution is 5.83. The molecule has 4 N–H and O–H groups in total. The molecular weight excluding hydrogens is 195 g/mol. The number of benzene rings is 1. The fourth-order valence-corrected chi connectivity index (χ4v) is 1.67. The van der Waals surface area contributed by atoms with Crippen molar-refractivity contribution in [2.24, 2.45) is 5.73 Å². The second-order valence-corrected chi connectivity index (χ2v) is 3.65. The van der Waals surface area contributed by atoms with Crippen LogP contribution in [0.15, 0.2) is 24.4 Å². The summed E-state index contributed by atoms with van der Waals surface area (Å²) in [5.41, 5.74) is 7.46. The van der Waals surface area contributed by atoms with Crippen molar-refractivity contribution in [2.75, 3.05) is 6.61 Å². The highest BCUT2D eigenvalue weighted by Gasteiger charge is 2.08. The number of aromatic nitrogens is 1. The summed E-state index contributed by atoms with van der Waals surface area (Å²) in [7, 11) is 0. The SMILES string of the molecule is N[C@H](CO)Cc1c[nH]c2ccc(F)cc12. The first-order valence-corrected chi connectivity index (χ1v) is 4.82. The van der Waals surface area contributed by atoms with Crippen LogP contribution in [0.4, 0.5) is 4.39 Å². The van der Waals surface area contributed by atoms with Gasteiger partial charge in [0.05, 0.1) is 6.61 Å². The summed E-state index contributed by atoms with van der Waals surface area (Å²) in [5, 5.41) is 9.68. The number of hydrogen-bond donors (Lipinski definition) is 3. The Balaban J connectivity index is 2.39. The summed E-state index contributed by atoms with van der Waals surface area (Å²) in [5.74, 6) is -0.263. The smallest absolute Gasteiger partial charge is 0.123 e. The maximum atomic E-state index is 13.0. The summed E-state index contributed by atoms with van der Waals surface area (Å²) in [4.78, 5) is 3.04. The van der Waals surface area contributed by atoms with E-state index in [1.54, 1.807) is 12.3 Å². The number of aliphatic hydroxyl groups is 1. The van der Waals surface area contributed by atoms with E-state index in [0.717, 1.165) is 16.5 Å². The molecule has 15 heavy (non-hydrogen) atoms. The molecule has 0 fully saturated rings. The minimum atomic E-state index is -0.299. The summed E-state index contributed by atoms with van der Waals surface area (Å²) < 4.78 is 13.0. The van der Waals surface area contributed by atoms with E-state index in [9.17, 15) is 4.39 Å². The van der Waals surface area contributed by atoms with E-state index >= 15 is 0 Å². The number of aliphatic hydroxyl groups excluding tert-OH is 1. The monoisotopic (exact) mass is 208 g/mol. The first-order chi connectivity index (χ1) is 7.20. The number of rotatable bonds is 3. The van der Waals surface area contributed by atoms with Crippen LogP contribution in [0, 0.1) is 5.82 Å². The van der Waals surface area contributed by atoms with Gasteiger partial charge < -0.3 is 15.8 Å². The van der Waals surface area contributed by atoms with E-state index < -0.39 is 0 Å². The van der Waals surface area contributed by atoms with Crippen LogP contribution in [-0.4, -0.2) is 22.7 Å². The summed E-state index contributed by atoms with van der Waals surface area (Å²) in [6.07, 6.45) is 2.35. The van der Waals surface area contributed by atoms with Crippen LogP contribution in [0.1, 0.15) is 5.56 Å². The van der Waals surface area contributed by atoms with Crippen LogP contribution < -0.4 is 5.73 Å². The Labute approximate surface area is 86.7 Å². The van der Waals surface area contributed by atoms with Gasteiger partial charge in [-0.1, -0.05) is 0 Å². The van der Waals surface area contributed by atoms with Crippen molar-refractivity contribution >= 4 is 10.9 Å². The van der Waals surface area contributed by atoms with E-state index in [0.29, 0.717) is 6.42 Å². The molecular formula is C11H13FN2O. The molecule has 0 aliphatic rings. The standard InChI is InChI=1S/C11H13FN2O/c12-8-1-2-11-10(4-8)7(5-14-11)3-9(13)6-15/h1-2,4-5,9,14-15H,3,6,13H2/t9-/m0/s1. The highest BCUT2D eigenvalue weighted by Crippen LogP contribution is 2.20. The van der Waals surface area contributed by atoms with Crippen molar-refractivity contribution in [3.63, 3.8) is 0 Å². The van der Waals surface area contributed by atoms with Crippen LogP contribution in [-0.2, 0) is 6.42 Å². The Bertz CT molecular complexity index is 467. The molecule has 1 aromatic carbocycles. The second kappa shape index (κ2) is 4.00. The Morgan fingerprint density at radius 2 is 2.27 bits per heavy atom. The Morgan fingerprint density at radius 1 is 1.47 bits per heavy atom. The molecule has 2 aromatic rings. The molecule has 0 amide bonds. The molecule has 0 bridgehead atoms. The molecule has 0 radical (unpaired) electrons. The minimum Gasteiger partial charge on any atom is -0.395 e. The van der Waals surface area contributed by atoms with E-state index in [1.165, 1.54) is 12.1 Å². The normalized spacial score (nSPS) is 13.3. The number of H-pyrrole nitrogens is 1. The van der Waals surface area contributed by atoms with Gasteiger partial charge >= 0.3 is 0 Å². The molecule has 4 heteroatoms. The summed E-state index contributed by atoms with van der Waals surface area (Å²) in [6, 6.07) is 4.28.